The number of nitriles is 1. The highest BCUT2D eigenvalue weighted by Gasteiger charge is 2.35. The number of hydrogen-bond donors (Lipinski definition) is 1. The maximum atomic E-state index is 12.7. The molecule has 19 heavy (non-hydrogen) atoms. The number of hydrogen-bond acceptors (Lipinski definition) is 5. The number of rotatable bonds is 5. The number of alkyl halides is 3. The van der Waals surface area contributed by atoms with Crippen molar-refractivity contribution < 1.29 is 13.2 Å². The topological polar surface area (TPSA) is 64.8 Å². The van der Waals surface area contributed by atoms with Gasteiger partial charge in [0, 0.05) is 26.2 Å². The molecule has 0 saturated carbocycles. The lowest BCUT2D eigenvalue weighted by atomic mass is 10.3. The summed E-state index contributed by atoms with van der Waals surface area (Å²) < 4.78 is 38.0. The van der Waals surface area contributed by atoms with Crippen LogP contribution in [0.1, 0.15) is 19.2 Å². The van der Waals surface area contributed by atoms with Crippen molar-refractivity contribution in [2.75, 3.05) is 30.4 Å². The molecule has 0 unspecified atom stereocenters. The highest BCUT2D eigenvalue weighted by molar-refractivity contribution is 5.49. The molecule has 0 aliphatic heterocycles. The summed E-state index contributed by atoms with van der Waals surface area (Å²) in [5, 5.41) is 11.1. The van der Waals surface area contributed by atoms with Gasteiger partial charge in [0.2, 0.25) is 5.82 Å². The molecule has 1 aromatic heterocycles. The maximum absolute atomic E-state index is 12.7. The summed E-state index contributed by atoms with van der Waals surface area (Å²) in [4.78, 5) is 8.50. The lowest BCUT2D eigenvalue weighted by Gasteiger charge is -2.22. The number of nitrogens with one attached hydrogen (secondary N) is 1. The van der Waals surface area contributed by atoms with E-state index in [-0.39, 0.29) is 18.1 Å². The van der Waals surface area contributed by atoms with Crippen molar-refractivity contribution in [1.82, 2.24) is 9.97 Å². The van der Waals surface area contributed by atoms with E-state index in [9.17, 15) is 13.2 Å². The third-order valence-corrected chi connectivity index (χ3v) is 2.42. The highest BCUT2D eigenvalue weighted by atomic mass is 19.4. The Morgan fingerprint density at radius 3 is 2.58 bits per heavy atom. The van der Waals surface area contributed by atoms with Gasteiger partial charge in [-0.1, -0.05) is 0 Å². The fourth-order valence-electron chi connectivity index (χ4n) is 1.47. The summed E-state index contributed by atoms with van der Waals surface area (Å²) in [6, 6.07) is 3.38. The molecule has 0 fully saturated rings. The fourth-order valence-corrected chi connectivity index (χ4v) is 1.47. The van der Waals surface area contributed by atoms with Crippen molar-refractivity contribution in [2.45, 2.75) is 19.5 Å². The van der Waals surface area contributed by atoms with Crippen LogP contribution in [0.15, 0.2) is 6.07 Å². The molecular formula is C11H14F3N5. The fraction of sp³-hybridized carbons (Fsp3) is 0.545. The van der Waals surface area contributed by atoms with Crippen molar-refractivity contribution in [2.24, 2.45) is 0 Å². The summed E-state index contributed by atoms with van der Waals surface area (Å²) in [6.45, 7) is 2.56. The van der Waals surface area contributed by atoms with Gasteiger partial charge in [-0.25, -0.2) is 9.97 Å². The Bertz CT molecular complexity index is 466. The van der Waals surface area contributed by atoms with Crippen LogP contribution in [-0.2, 0) is 6.18 Å². The van der Waals surface area contributed by atoms with Gasteiger partial charge in [0.1, 0.15) is 11.6 Å². The Morgan fingerprint density at radius 2 is 2.11 bits per heavy atom. The van der Waals surface area contributed by atoms with Gasteiger partial charge in [0.15, 0.2) is 0 Å². The van der Waals surface area contributed by atoms with Crippen LogP contribution in [0.4, 0.5) is 24.8 Å². The first-order chi connectivity index (χ1) is 8.92. The van der Waals surface area contributed by atoms with Crippen molar-refractivity contribution >= 4 is 11.6 Å². The molecule has 0 saturated heterocycles. The number of nitrogens with zero attached hydrogens (tertiary/aromatic N) is 4. The minimum Gasteiger partial charge on any atom is -0.373 e. The van der Waals surface area contributed by atoms with Gasteiger partial charge in [-0.15, -0.1) is 0 Å². The van der Waals surface area contributed by atoms with E-state index < -0.39 is 12.0 Å². The van der Waals surface area contributed by atoms with E-state index in [0.717, 1.165) is 0 Å². The van der Waals surface area contributed by atoms with Crippen LogP contribution in [0.2, 0.25) is 0 Å². The van der Waals surface area contributed by atoms with E-state index in [1.807, 2.05) is 6.07 Å². The lowest BCUT2D eigenvalue weighted by molar-refractivity contribution is -0.144. The van der Waals surface area contributed by atoms with Crippen LogP contribution in [0.5, 0.6) is 0 Å². The lowest BCUT2D eigenvalue weighted by Crippen LogP contribution is -2.26. The number of anilines is 2. The van der Waals surface area contributed by atoms with E-state index in [0.29, 0.717) is 13.1 Å². The Balaban J connectivity index is 3.15. The first-order valence-electron chi connectivity index (χ1n) is 5.68. The first-order valence-corrected chi connectivity index (χ1v) is 5.68. The van der Waals surface area contributed by atoms with Crippen molar-refractivity contribution in [1.29, 1.82) is 5.26 Å². The van der Waals surface area contributed by atoms with Crippen LogP contribution in [0.25, 0.3) is 0 Å². The number of halogens is 3. The average molecular weight is 273 g/mol. The van der Waals surface area contributed by atoms with E-state index in [1.165, 1.54) is 13.1 Å². The summed E-state index contributed by atoms with van der Waals surface area (Å²) in [5.74, 6) is -0.943. The zero-order valence-corrected chi connectivity index (χ0v) is 10.6. The van der Waals surface area contributed by atoms with Gasteiger partial charge >= 0.3 is 6.18 Å². The van der Waals surface area contributed by atoms with E-state index in [2.05, 4.69) is 15.3 Å². The standard InChI is InChI=1S/C11H14F3N5/c1-3-19(6-4-5-15)9-7-8(16-2)17-10(18-9)11(12,13)14/h7H,3-4,6H2,1-2H3,(H,16,17,18). The zero-order valence-electron chi connectivity index (χ0n) is 10.6. The first kappa shape index (κ1) is 15.0. The summed E-state index contributed by atoms with van der Waals surface area (Å²) in [6.07, 6.45) is -4.38. The SMILES string of the molecule is CCN(CCC#N)c1cc(NC)nc(C(F)(F)F)n1. The molecule has 104 valence electrons. The molecule has 0 aliphatic carbocycles. The van der Waals surface area contributed by atoms with Gasteiger partial charge in [-0.3, -0.25) is 0 Å². The van der Waals surface area contributed by atoms with Gasteiger partial charge in [-0.2, -0.15) is 18.4 Å². The predicted molar refractivity (Wildman–Crippen MR) is 64.7 cm³/mol. The van der Waals surface area contributed by atoms with E-state index in [1.54, 1.807) is 11.8 Å². The third kappa shape index (κ3) is 3.98. The maximum Gasteiger partial charge on any atom is 0.451 e. The minimum absolute atomic E-state index is 0.0905. The molecule has 1 aromatic rings. The number of aromatic nitrogens is 2. The second-order valence-electron chi connectivity index (χ2n) is 3.67. The highest BCUT2D eigenvalue weighted by Crippen LogP contribution is 2.29. The molecule has 0 bridgehead atoms. The largest absolute Gasteiger partial charge is 0.451 e. The Morgan fingerprint density at radius 1 is 1.42 bits per heavy atom. The van der Waals surface area contributed by atoms with E-state index >= 15 is 0 Å². The van der Waals surface area contributed by atoms with Crippen LogP contribution >= 0.6 is 0 Å². The van der Waals surface area contributed by atoms with Gasteiger partial charge in [0.25, 0.3) is 0 Å². The molecule has 8 heteroatoms. The van der Waals surface area contributed by atoms with Crippen LogP contribution in [0, 0.1) is 11.3 Å². The van der Waals surface area contributed by atoms with Crippen LogP contribution in [-0.4, -0.2) is 30.1 Å². The third-order valence-electron chi connectivity index (χ3n) is 2.42. The predicted octanol–water partition coefficient (Wildman–Crippen LogP) is 2.28. The molecule has 0 aromatic carbocycles. The Hall–Kier alpha value is -2.04. The molecule has 0 aliphatic rings. The molecule has 0 atom stereocenters. The quantitative estimate of drug-likeness (QED) is 0.891. The summed E-state index contributed by atoms with van der Waals surface area (Å²) >= 11 is 0. The second kappa shape index (κ2) is 6.22. The minimum atomic E-state index is -4.60. The second-order valence-corrected chi connectivity index (χ2v) is 3.67. The van der Waals surface area contributed by atoms with E-state index in [4.69, 9.17) is 5.26 Å². The van der Waals surface area contributed by atoms with Crippen molar-refractivity contribution in [3.8, 4) is 6.07 Å². The zero-order chi connectivity index (χ0) is 14.5. The van der Waals surface area contributed by atoms with Crippen molar-refractivity contribution in [3.63, 3.8) is 0 Å². The normalized spacial score (nSPS) is 10.9. The summed E-state index contributed by atoms with van der Waals surface area (Å²) in [5.41, 5.74) is 0. The molecular weight excluding hydrogens is 259 g/mol. The molecule has 0 amide bonds. The summed E-state index contributed by atoms with van der Waals surface area (Å²) in [7, 11) is 1.48. The molecule has 0 spiro atoms. The van der Waals surface area contributed by atoms with Crippen LogP contribution in [0.3, 0.4) is 0 Å². The van der Waals surface area contributed by atoms with Crippen LogP contribution < -0.4 is 10.2 Å². The van der Waals surface area contributed by atoms with Crippen molar-refractivity contribution in [3.05, 3.63) is 11.9 Å². The smallest absolute Gasteiger partial charge is 0.373 e. The Kier molecular flexibility index (Phi) is 4.92. The molecule has 0 radical (unpaired) electrons. The molecule has 5 nitrogen and oxygen atoms in total. The van der Waals surface area contributed by atoms with Gasteiger partial charge in [-0.05, 0) is 6.92 Å². The van der Waals surface area contributed by atoms with Gasteiger partial charge in [0.05, 0.1) is 12.5 Å². The molecule has 1 rings (SSSR count). The Labute approximate surface area is 109 Å². The molecule has 1 N–H and O–H groups in total. The van der Waals surface area contributed by atoms with Gasteiger partial charge < -0.3 is 10.2 Å². The molecule has 1 heterocycles. The monoisotopic (exact) mass is 273 g/mol. The average Bonchev–Trinajstić information content (AvgIpc) is 2.38.